The number of nitrogens with zero attached hydrogens (tertiary/aromatic N) is 1. The standard InChI is InChI=1S/C17H13FN2O3/c1-10-8-11(18)6-7-14(10)19-15(21)9-20-16(22)12-4-2-3-5-13(12)17(20)23/h2-8H,9H2,1H3,(H,19,21). The van der Waals surface area contributed by atoms with Gasteiger partial charge in [0, 0.05) is 5.69 Å². The van der Waals surface area contributed by atoms with Gasteiger partial charge >= 0.3 is 0 Å². The van der Waals surface area contributed by atoms with Gasteiger partial charge in [0.1, 0.15) is 12.4 Å². The Kier molecular flexibility index (Phi) is 3.65. The van der Waals surface area contributed by atoms with Crippen molar-refractivity contribution in [2.75, 3.05) is 11.9 Å². The van der Waals surface area contributed by atoms with Gasteiger partial charge in [-0.2, -0.15) is 0 Å². The lowest BCUT2D eigenvalue weighted by Crippen LogP contribution is -2.37. The lowest BCUT2D eigenvalue weighted by molar-refractivity contribution is -0.116. The summed E-state index contributed by atoms with van der Waals surface area (Å²) in [5.74, 6) is -1.90. The average molecular weight is 312 g/mol. The van der Waals surface area contributed by atoms with Crippen molar-refractivity contribution in [3.05, 3.63) is 65.0 Å². The maximum atomic E-state index is 13.1. The quantitative estimate of drug-likeness (QED) is 0.885. The summed E-state index contributed by atoms with van der Waals surface area (Å²) in [7, 11) is 0. The molecule has 0 aromatic heterocycles. The molecular formula is C17H13FN2O3. The van der Waals surface area contributed by atoms with Crippen LogP contribution in [0.3, 0.4) is 0 Å². The second kappa shape index (κ2) is 5.64. The Morgan fingerprint density at radius 1 is 1.09 bits per heavy atom. The van der Waals surface area contributed by atoms with E-state index in [9.17, 15) is 18.8 Å². The van der Waals surface area contributed by atoms with Gasteiger partial charge in [-0.15, -0.1) is 0 Å². The van der Waals surface area contributed by atoms with Crippen LogP contribution in [0.25, 0.3) is 0 Å². The zero-order chi connectivity index (χ0) is 16.6. The number of hydrogen-bond donors (Lipinski definition) is 1. The van der Waals surface area contributed by atoms with Crippen molar-refractivity contribution in [3.8, 4) is 0 Å². The summed E-state index contributed by atoms with van der Waals surface area (Å²) < 4.78 is 13.1. The second-order valence-electron chi connectivity index (χ2n) is 5.25. The SMILES string of the molecule is Cc1cc(F)ccc1NC(=O)CN1C(=O)c2ccccc2C1=O. The number of carbonyl (C=O) groups is 3. The van der Waals surface area contributed by atoms with Crippen LogP contribution in [0.4, 0.5) is 10.1 Å². The molecule has 2 aromatic carbocycles. The third-order valence-corrected chi connectivity index (χ3v) is 3.64. The van der Waals surface area contributed by atoms with Gasteiger partial charge in [0.25, 0.3) is 11.8 Å². The molecule has 1 aliphatic rings. The zero-order valence-electron chi connectivity index (χ0n) is 12.3. The predicted molar refractivity (Wildman–Crippen MR) is 81.6 cm³/mol. The van der Waals surface area contributed by atoms with E-state index in [1.165, 1.54) is 18.2 Å². The van der Waals surface area contributed by atoms with E-state index in [0.29, 0.717) is 22.4 Å². The Morgan fingerprint density at radius 2 is 1.70 bits per heavy atom. The van der Waals surface area contributed by atoms with Crippen LogP contribution in [0.5, 0.6) is 0 Å². The Labute approximate surface area is 131 Å². The smallest absolute Gasteiger partial charge is 0.262 e. The number of aryl methyl sites for hydroxylation is 1. The number of hydrogen-bond acceptors (Lipinski definition) is 3. The highest BCUT2D eigenvalue weighted by molar-refractivity contribution is 6.22. The summed E-state index contributed by atoms with van der Waals surface area (Å²) in [6.07, 6.45) is 0. The Morgan fingerprint density at radius 3 is 2.26 bits per heavy atom. The summed E-state index contributed by atoms with van der Waals surface area (Å²) in [4.78, 5) is 37.4. The Bertz CT molecular complexity index is 797. The Hall–Kier alpha value is -3.02. The van der Waals surface area contributed by atoms with E-state index in [1.807, 2.05) is 0 Å². The van der Waals surface area contributed by atoms with Crippen molar-refractivity contribution in [2.24, 2.45) is 0 Å². The van der Waals surface area contributed by atoms with Crippen molar-refractivity contribution in [1.29, 1.82) is 0 Å². The molecule has 0 atom stereocenters. The summed E-state index contributed by atoms with van der Waals surface area (Å²) in [5.41, 5.74) is 1.58. The van der Waals surface area contributed by atoms with E-state index in [1.54, 1.807) is 31.2 Å². The molecule has 23 heavy (non-hydrogen) atoms. The van der Waals surface area contributed by atoms with Gasteiger partial charge in [-0.05, 0) is 42.8 Å². The monoisotopic (exact) mass is 312 g/mol. The molecule has 0 aliphatic carbocycles. The highest BCUT2D eigenvalue weighted by Crippen LogP contribution is 2.22. The maximum absolute atomic E-state index is 13.1. The van der Waals surface area contributed by atoms with Gasteiger partial charge in [0.05, 0.1) is 11.1 Å². The third-order valence-electron chi connectivity index (χ3n) is 3.64. The van der Waals surface area contributed by atoms with Crippen molar-refractivity contribution >= 4 is 23.4 Å². The highest BCUT2D eigenvalue weighted by atomic mass is 19.1. The van der Waals surface area contributed by atoms with E-state index >= 15 is 0 Å². The Balaban J connectivity index is 1.74. The van der Waals surface area contributed by atoms with Crippen molar-refractivity contribution in [3.63, 3.8) is 0 Å². The molecule has 0 spiro atoms. The van der Waals surface area contributed by atoms with Crippen LogP contribution in [0.2, 0.25) is 0 Å². The van der Waals surface area contributed by atoms with E-state index < -0.39 is 23.5 Å². The van der Waals surface area contributed by atoms with Gasteiger partial charge in [-0.25, -0.2) is 4.39 Å². The molecule has 0 unspecified atom stereocenters. The first-order valence-electron chi connectivity index (χ1n) is 6.98. The molecule has 116 valence electrons. The molecule has 3 rings (SSSR count). The normalized spacial score (nSPS) is 13.2. The molecule has 1 N–H and O–H groups in total. The van der Waals surface area contributed by atoms with Crippen LogP contribution in [0, 0.1) is 12.7 Å². The number of fused-ring (bicyclic) bond motifs is 1. The molecular weight excluding hydrogens is 299 g/mol. The van der Waals surface area contributed by atoms with Crippen LogP contribution >= 0.6 is 0 Å². The maximum Gasteiger partial charge on any atom is 0.262 e. The molecule has 5 nitrogen and oxygen atoms in total. The minimum absolute atomic E-state index is 0.295. The molecule has 1 aliphatic heterocycles. The molecule has 1 heterocycles. The van der Waals surface area contributed by atoms with Gasteiger partial charge < -0.3 is 5.32 Å². The van der Waals surface area contributed by atoms with E-state index in [4.69, 9.17) is 0 Å². The summed E-state index contributed by atoms with van der Waals surface area (Å²) >= 11 is 0. The lowest BCUT2D eigenvalue weighted by Gasteiger charge is -2.14. The third kappa shape index (κ3) is 2.70. The molecule has 0 saturated carbocycles. The van der Waals surface area contributed by atoms with Crippen LogP contribution in [-0.2, 0) is 4.79 Å². The molecule has 2 aromatic rings. The second-order valence-corrected chi connectivity index (χ2v) is 5.25. The van der Waals surface area contributed by atoms with Crippen molar-refractivity contribution in [1.82, 2.24) is 4.90 Å². The van der Waals surface area contributed by atoms with Crippen molar-refractivity contribution in [2.45, 2.75) is 6.92 Å². The number of benzene rings is 2. The first-order valence-corrected chi connectivity index (χ1v) is 6.98. The van der Waals surface area contributed by atoms with Gasteiger partial charge in [0.15, 0.2) is 0 Å². The van der Waals surface area contributed by atoms with Gasteiger partial charge in [-0.1, -0.05) is 12.1 Å². The minimum atomic E-state index is -0.519. The van der Waals surface area contributed by atoms with Gasteiger partial charge in [-0.3, -0.25) is 19.3 Å². The number of rotatable bonds is 3. The van der Waals surface area contributed by atoms with Crippen LogP contribution in [-0.4, -0.2) is 29.2 Å². The molecule has 0 fully saturated rings. The van der Waals surface area contributed by atoms with E-state index in [-0.39, 0.29) is 6.54 Å². The lowest BCUT2D eigenvalue weighted by atomic mass is 10.1. The molecule has 3 amide bonds. The first kappa shape index (κ1) is 14.9. The number of imide groups is 1. The van der Waals surface area contributed by atoms with Crippen LogP contribution in [0.1, 0.15) is 26.3 Å². The largest absolute Gasteiger partial charge is 0.324 e. The first-order chi connectivity index (χ1) is 11.0. The summed E-state index contributed by atoms with van der Waals surface area (Å²) in [6, 6.07) is 10.4. The fraction of sp³-hybridized carbons (Fsp3) is 0.118. The summed E-state index contributed by atoms with van der Waals surface area (Å²) in [5, 5.41) is 2.58. The number of carbonyl (C=O) groups excluding carboxylic acids is 3. The van der Waals surface area contributed by atoms with Gasteiger partial charge in [0.2, 0.25) is 5.91 Å². The summed E-state index contributed by atoms with van der Waals surface area (Å²) in [6.45, 7) is 1.27. The van der Waals surface area contributed by atoms with E-state index in [2.05, 4.69) is 5.32 Å². The molecule has 6 heteroatoms. The fourth-order valence-corrected chi connectivity index (χ4v) is 2.48. The molecule has 0 radical (unpaired) electrons. The molecule has 0 bridgehead atoms. The number of nitrogens with one attached hydrogen (secondary N) is 1. The highest BCUT2D eigenvalue weighted by Gasteiger charge is 2.36. The zero-order valence-corrected chi connectivity index (χ0v) is 12.3. The topological polar surface area (TPSA) is 66.5 Å². The predicted octanol–water partition coefficient (Wildman–Crippen LogP) is 2.37. The van der Waals surface area contributed by atoms with E-state index in [0.717, 1.165) is 4.90 Å². The average Bonchev–Trinajstić information content (AvgIpc) is 2.76. The molecule has 0 saturated heterocycles. The van der Waals surface area contributed by atoms with Crippen LogP contribution in [0.15, 0.2) is 42.5 Å². The number of anilines is 1. The number of amides is 3. The fourth-order valence-electron chi connectivity index (χ4n) is 2.48. The number of halogens is 1. The van der Waals surface area contributed by atoms with Crippen molar-refractivity contribution < 1.29 is 18.8 Å². The minimum Gasteiger partial charge on any atom is -0.324 e. The van der Waals surface area contributed by atoms with Crippen LogP contribution < -0.4 is 5.32 Å².